The zero-order valence-corrected chi connectivity index (χ0v) is 12.4. The van der Waals surface area contributed by atoms with Crippen molar-refractivity contribution in [1.29, 1.82) is 0 Å². The molecule has 3 heteroatoms. The molecule has 0 saturated carbocycles. The number of rotatable bonds is 6. The molecule has 20 heavy (non-hydrogen) atoms. The van der Waals surface area contributed by atoms with Crippen molar-refractivity contribution in [3.05, 3.63) is 59.4 Å². The lowest BCUT2D eigenvalue weighted by molar-refractivity contribution is 0.312. The normalized spacial score (nSPS) is 12.2. The van der Waals surface area contributed by atoms with Gasteiger partial charge in [0, 0.05) is 17.5 Å². The molecule has 2 aromatic rings. The third-order valence-electron chi connectivity index (χ3n) is 3.25. The Morgan fingerprint density at radius 3 is 2.65 bits per heavy atom. The van der Waals surface area contributed by atoms with Crippen LogP contribution >= 0.6 is 0 Å². The molecule has 0 aliphatic carbocycles. The van der Waals surface area contributed by atoms with Crippen molar-refractivity contribution in [2.75, 3.05) is 13.7 Å². The maximum Gasteiger partial charge on any atom is 0.124 e. The molecule has 1 aromatic carbocycles. The summed E-state index contributed by atoms with van der Waals surface area (Å²) in [6.45, 7) is 4.85. The summed E-state index contributed by atoms with van der Waals surface area (Å²) in [5.41, 5.74) is 3.32. The number of aryl methyl sites for hydroxylation is 1. The lowest BCUT2D eigenvalue weighted by Crippen LogP contribution is -2.19. The fourth-order valence-corrected chi connectivity index (χ4v) is 2.21. The molecule has 1 N–H and O–H groups in total. The monoisotopic (exact) mass is 270 g/mol. The number of para-hydroxylation sites is 1. The van der Waals surface area contributed by atoms with E-state index in [1.165, 1.54) is 0 Å². The summed E-state index contributed by atoms with van der Waals surface area (Å²) < 4.78 is 5.85. The molecule has 0 aliphatic rings. The van der Waals surface area contributed by atoms with Gasteiger partial charge in [0.25, 0.3) is 0 Å². The molecule has 1 atom stereocenters. The molecule has 2 rings (SSSR count). The minimum Gasteiger partial charge on any atom is -0.493 e. The second-order valence-electron chi connectivity index (χ2n) is 4.84. The van der Waals surface area contributed by atoms with Gasteiger partial charge in [-0.2, -0.15) is 0 Å². The first-order valence-electron chi connectivity index (χ1n) is 7.07. The molecule has 1 unspecified atom stereocenters. The van der Waals surface area contributed by atoms with Crippen LogP contribution in [0.5, 0.6) is 5.75 Å². The topological polar surface area (TPSA) is 34.1 Å². The first-order chi connectivity index (χ1) is 9.76. The zero-order chi connectivity index (χ0) is 14.4. The number of nitrogens with zero attached hydrogens (tertiary/aromatic N) is 1. The maximum atomic E-state index is 5.85. The van der Waals surface area contributed by atoms with Crippen LogP contribution in [0.1, 0.15) is 36.2 Å². The number of hydrogen-bond acceptors (Lipinski definition) is 3. The molecule has 0 amide bonds. The fraction of sp³-hybridized carbons (Fsp3) is 0.353. The van der Waals surface area contributed by atoms with Gasteiger partial charge in [-0.15, -0.1) is 0 Å². The van der Waals surface area contributed by atoms with E-state index in [9.17, 15) is 0 Å². The highest BCUT2D eigenvalue weighted by Crippen LogP contribution is 2.29. The first-order valence-corrected chi connectivity index (χ1v) is 7.07. The molecule has 1 heterocycles. The Morgan fingerprint density at radius 1 is 1.20 bits per heavy atom. The SMILES string of the molecule is CCCOc1ccccc1C(NC)c1ccc(C)nc1. The molecule has 0 saturated heterocycles. The highest BCUT2D eigenvalue weighted by atomic mass is 16.5. The van der Waals surface area contributed by atoms with Crippen LogP contribution in [-0.2, 0) is 0 Å². The molecule has 0 spiro atoms. The van der Waals surface area contributed by atoms with Crippen LogP contribution in [0.4, 0.5) is 0 Å². The van der Waals surface area contributed by atoms with Crippen molar-refractivity contribution < 1.29 is 4.74 Å². The number of hydrogen-bond donors (Lipinski definition) is 1. The molecular weight excluding hydrogens is 248 g/mol. The van der Waals surface area contributed by atoms with Gasteiger partial charge in [0.15, 0.2) is 0 Å². The van der Waals surface area contributed by atoms with Gasteiger partial charge < -0.3 is 10.1 Å². The van der Waals surface area contributed by atoms with Gasteiger partial charge >= 0.3 is 0 Å². The third kappa shape index (κ3) is 3.36. The summed E-state index contributed by atoms with van der Waals surface area (Å²) >= 11 is 0. The van der Waals surface area contributed by atoms with Gasteiger partial charge in [-0.05, 0) is 38.1 Å². The Balaban J connectivity index is 2.33. The third-order valence-corrected chi connectivity index (χ3v) is 3.25. The molecule has 1 aromatic heterocycles. The van der Waals surface area contributed by atoms with Crippen molar-refractivity contribution in [3.63, 3.8) is 0 Å². The fourth-order valence-electron chi connectivity index (χ4n) is 2.21. The zero-order valence-electron chi connectivity index (χ0n) is 12.4. The average molecular weight is 270 g/mol. The highest BCUT2D eigenvalue weighted by molar-refractivity contribution is 5.41. The van der Waals surface area contributed by atoms with Crippen molar-refractivity contribution in [1.82, 2.24) is 10.3 Å². The van der Waals surface area contributed by atoms with E-state index in [0.717, 1.165) is 35.6 Å². The Bertz CT molecular complexity index is 537. The molecule has 0 bridgehead atoms. The summed E-state index contributed by atoms with van der Waals surface area (Å²) in [5.74, 6) is 0.939. The van der Waals surface area contributed by atoms with Crippen molar-refractivity contribution in [2.45, 2.75) is 26.3 Å². The van der Waals surface area contributed by atoms with Gasteiger partial charge in [-0.25, -0.2) is 0 Å². The summed E-state index contributed by atoms with van der Waals surface area (Å²) in [6.07, 6.45) is 2.93. The minimum atomic E-state index is 0.0937. The van der Waals surface area contributed by atoms with Gasteiger partial charge in [-0.1, -0.05) is 31.2 Å². The van der Waals surface area contributed by atoms with Gasteiger partial charge in [0.1, 0.15) is 5.75 Å². The molecule has 0 aliphatic heterocycles. The molecule has 0 fully saturated rings. The largest absolute Gasteiger partial charge is 0.493 e. The van der Waals surface area contributed by atoms with E-state index in [2.05, 4.69) is 29.4 Å². The molecular formula is C17H22N2O. The second-order valence-corrected chi connectivity index (χ2v) is 4.84. The van der Waals surface area contributed by atoms with Gasteiger partial charge in [0.05, 0.1) is 12.6 Å². The second kappa shape index (κ2) is 7.06. The van der Waals surface area contributed by atoms with Crippen LogP contribution < -0.4 is 10.1 Å². The summed E-state index contributed by atoms with van der Waals surface area (Å²) in [7, 11) is 1.96. The number of nitrogens with one attached hydrogen (secondary N) is 1. The lowest BCUT2D eigenvalue weighted by atomic mass is 9.99. The highest BCUT2D eigenvalue weighted by Gasteiger charge is 2.16. The molecule has 0 radical (unpaired) electrons. The van der Waals surface area contributed by atoms with E-state index in [0.29, 0.717) is 0 Å². The number of aromatic nitrogens is 1. The Morgan fingerprint density at radius 2 is 2.00 bits per heavy atom. The lowest BCUT2D eigenvalue weighted by Gasteiger charge is -2.20. The Hall–Kier alpha value is -1.87. The van der Waals surface area contributed by atoms with Crippen LogP contribution in [0.15, 0.2) is 42.6 Å². The van der Waals surface area contributed by atoms with Gasteiger partial charge in [0.2, 0.25) is 0 Å². The van der Waals surface area contributed by atoms with Crippen LogP contribution in [0.2, 0.25) is 0 Å². The first kappa shape index (κ1) is 14.5. The van der Waals surface area contributed by atoms with Crippen LogP contribution in [0.3, 0.4) is 0 Å². The van der Waals surface area contributed by atoms with Crippen molar-refractivity contribution >= 4 is 0 Å². The van der Waals surface area contributed by atoms with E-state index in [1.54, 1.807) is 0 Å². The number of pyridine rings is 1. The quantitative estimate of drug-likeness (QED) is 0.872. The predicted molar refractivity (Wildman–Crippen MR) is 82.1 cm³/mol. The van der Waals surface area contributed by atoms with E-state index in [-0.39, 0.29) is 6.04 Å². The summed E-state index contributed by atoms with van der Waals surface area (Å²) in [6, 6.07) is 12.4. The van der Waals surface area contributed by atoms with E-state index >= 15 is 0 Å². The van der Waals surface area contributed by atoms with Crippen LogP contribution in [0.25, 0.3) is 0 Å². The predicted octanol–water partition coefficient (Wildman–Crippen LogP) is 3.49. The number of ether oxygens (including phenoxy) is 1. The van der Waals surface area contributed by atoms with E-state index in [4.69, 9.17) is 4.74 Å². The summed E-state index contributed by atoms with van der Waals surface area (Å²) in [5, 5.41) is 3.35. The minimum absolute atomic E-state index is 0.0937. The Kier molecular flexibility index (Phi) is 5.13. The van der Waals surface area contributed by atoms with Crippen molar-refractivity contribution in [3.8, 4) is 5.75 Å². The number of benzene rings is 1. The van der Waals surface area contributed by atoms with Gasteiger partial charge in [-0.3, -0.25) is 4.98 Å². The smallest absolute Gasteiger partial charge is 0.124 e. The van der Waals surface area contributed by atoms with E-state index < -0.39 is 0 Å². The van der Waals surface area contributed by atoms with Crippen LogP contribution in [-0.4, -0.2) is 18.6 Å². The standard InChI is InChI=1S/C17H22N2O/c1-4-11-20-16-8-6-5-7-15(16)17(18-3)14-10-9-13(2)19-12-14/h5-10,12,17-18H,4,11H2,1-3H3. The summed E-state index contributed by atoms with van der Waals surface area (Å²) in [4.78, 5) is 4.38. The molecule has 106 valence electrons. The maximum absolute atomic E-state index is 5.85. The van der Waals surface area contributed by atoms with E-state index in [1.807, 2.05) is 44.4 Å². The average Bonchev–Trinajstić information content (AvgIpc) is 2.49. The van der Waals surface area contributed by atoms with Crippen molar-refractivity contribution in [2.24, 2.45) is 0 Å². The molecule has 3 nitrogen and oxygen atoms in total. The van der Waals surface area contributed by atoms with Crippen LogP contribution in [0, 0.1) is 6.92 Å². The Labute approximate surface area is 121 Å².